The topological polar surface area (TPSA) is 93.5 Å². The molecule has 0 bridgehead atoms. The second-order valence-corrected chi connectivity index (χ2v) is 5.86. The summed E-state index contributed by atoms with van der Waals surface area (Å²) < 4.78 is 42.1. The zero-order valence-electron chi connectivity index (χ0n) is 14.1. The summed E-state index contributed by atoms with van der Waals surface area (Å²) in [5, 5.41) is 8.97. The molecule has 3 rings (SSSR count). The fourth-order valence-electron chi connectivity index (χ4n) is 2.85. The van der Waals surface area contributed by atoms with Crippen LogP contribution in [-0.2, 0) is 17.4 Å². The van der Waals surface area contributed by atoms with Crippen molar-refractivity contribution >= 4 is 24.0 Å². The first-order valence-corrected chi connectivity index (χ1v) is 7.66. The standard InChI is InChI=1S/C17H15F3N4O2.ClH/c1-9-4-5-22-14(13(9)17(18,19)20)11-3-2-10(8-12(21)16(25)26)24-7-6-23-15(11)24;/h2-7,12H,8,21H2,1H3,(H,25,26);1H. The molecule has 1 unspecified atom stereocenters. The van der Waals surface area contributed by atoms with Crippen molar-refractivity contribution in [2.45, 2.75) is 25.6 Å². The van der Waals surface area contributed by atoms with Crippen LogP contribution in [0.5, 0.6) is 0 Å². The fourth-order valence-corrected chi connectivity index (χ4v) is 2.85. The van der Waals surface area contributed by atoms with Gasteiger partial charge >= 0.3 is 12.1 Å². The first kappa shape index (κ1) is 20.7. The Labute approximate surface area is 158 Å². The monoisotopic (exact) mass is 400 g/mol. The number of imidazole rings is 1. The highest BCUT2D eigenvalue weighted by molar-refractivity contribution is 5.85. The molecule has 1 atom stereocenters. The lowest BCUT2D eigenvalue weighted by Crippen LogP contribution is -2.32. The fraction of sp³-hybridized carbons (Fsp3) is 0.235. The minimum absolute atomic E-state index is 0. The predicted molar refractivity (Wildman–Crippen MR) is 94.7 cm³/mol. The highest BCUT2D eigenvalue weighted by Gasteiger charge is 2.36. The van der Waals surface area contributed by atoms with E-state index in [1.54, 1.807) is 6.20 Å². The smallest absolute Gasteiger partial charge is 0.418 e. The maximum absolute atomic E-state index is 13.5. The number of aliphatic carboxylic acids is 1. The Balaban J connectivity index is 0.00000261. The number of carboxylic acid groups (broad SMARTS) is 1. The van der Waals surface area contributed by atoms with Gasteiger partial charge in [0.1, 0.15) is 11.7 Å². The quantitative estimate of drug-likeness (QED) is 0.702. The molecule has 0 radical (unpaired) electrons. The normalized spacial score (nSPS) is 12.6. The van der Waals surface area contributed by atoms with Crippen LogP contribution in [0.25, 0.3) is 16.9 Å². The van der Waals surface area contributed by atoms with Gasteiger partial charge in [0.2, 0.25) is 0 Å². The average Bonchev–Trinajstić information content (AvgIpc) is 3.03. The van der Waals surface area contributed by atoms with Crippen LogP contribution >= 0.6 is 12.4 Å². The maximum Gasteiger partial charge on any atom is 0.418 e. The van der Waals surface area contributed by atoms with E-state index >= 15 is 0 Å². The summed E-state index contributed by atoms with van der Waals surface area (Å²) in [6, 6.07) is 3.17. The molecule has 0 aliphatic heterocycles. The van der Waals surface area contributed by atoms with Crippen molar-refractivity contribution < 1.29 is 23.1 Å². The van der Waals surface area contributed by atoms with Crippen molar-refractivity contribution in [3.05, 3.63) is 53.6 Å². The molecule has 144 valence electrons. The number of nitrogens with two attached hydrogens (primary N) is 1. The summed E-state index contributed by atoms with van der Waals surface area (Å²) in [5.41, 5.74) is 5.57. The molecular formula is C17H16ClF3N4O2. The van der Waals surface area contributed by atoms with Crippen molar-refractivity contribution in [1.29, 1.82) is 0 Å². The third kappa shape index (κ3) is 3.88. The lowest BCUT2D eigenvalue weighted by Gasteiger charge is -2.16. The van der Waals surface area contributed by atoms with Crippen LogP contribution in [0.2, 0.25) is 0 Å². The Morgan fingerprint density at radius 1 is 1.26 bits per heavy atom. The van der Waals surface area contributed by atoms with Crippen LogP contribution in [0.4, 0.5) is 13.2 Å². The molecule has 3 N–H and O–H groups in total. The number of halogens is 4. The first-order chi connectivity index (χ1) is 12.2. The molecule has 3 aromatic rings. The molecule has 0 saturated carbocycles. The van der Waals surface area contributed by atoms with Crippen LogP contribution in [-0.4, -0.2) is 31.5 Å². The summed E-state index contributed by atoms with van der Waals surface area (Å²) in [7, 11) is 0. The second kappa shape index (κ2) is 7.53. The zero-order valence-corrected chi connectivity index (χ0v) is 14.9. The largest absolute Gasteiger partial charge is 0.480 e. The van der Waals surface area contributed by atoms with Gasteiger partial charge in [0.05, 0.1) is 11.3 Å². The molecule has 0 amide bonds. The molecule has 0 saturated heterocycles. The molecule has 0 fully saturated rings. The van der Waals surface area contributed by atoms with Gasteiger partial charge in [0.25, 0.3) is 0 Å². The van der Waals surface area contributed by atoms with Crippen LogP contribution in [0.15, 0.2) is 36.8 Å². The molecule has 0 aromatic carbocycles. The number of hydrogen-bond acceptors (Lipinski definition) is 4. The highest BCUT2D eigenvalue weighted by Crippen LogP contribution is 2.39. The van der Waals surface area contributed by atoms with Gasteiger partial charge in [-0.1, -0.05) is 0 Å². The molecule has 0 aliphatic rings. The van der Waals surface area contributed by atoms with E-state index in [9.17, 15) is 18.0 Å². The van der Waals surface area contributed by atoms with Crippen LogP contribution in [0, 0.1) is 6.92 Å². The zero-order chi connectivity index (χ0) is 19.1. The van der Waals surface area contributed by atoms with E-state index < -0.39 is 23.8 Å². The van der Waals surface area contributed by atoms with E-state index in [0.29, 0.717) is 5.69 Å². The van der Waals surface area contributed by atoms with Gasteiger partial charge in [-0.3, -0.25) is 9.78 Å². The number of alkyl halides is 3. The molecule has 3 aromatic heterocycles. The molecule has 6 nitrogen and oxygen atoms in total. The Morgan fingerprint density at radius 3 is 2.59 bits per heavy atom. The molecular weight excluding hydrogens is 385 g/mol. The third-order valence-corrected chi connectivity index (χ3v) is 4.08. The van der Waals surface area contributed by atoms with Gasteiger partial charge in [-0.25, -0.2) is 4.98 Å². The van der Waals surface area contributed by atoms with Gasteiger partial charge in [-0.15, -0.1) is 12.4 Å². The lowest BCUT2D eigenvalue weighted by molar-refractivity contribution is -0.139. The van der Waals surface area contributed by atoms with E-state index in [1.165, 1.54) is 41.9 Å². The van der Waals surface area contributed by atoms with E-state index in [1.807, 2.05) is 0 Å². The van der Waals surface area contributed by atoms with Crippen molar-refractivity contribution in [2.24, 2.45) is 5.73 Å². The van der Waals surface area contributed by atoms with E-state index in [0.717, 1.165) is 0 Å². The Hall–Kier alpha value is -2.65. The van der Waals surface area contributed by atoms with Crippen molar-refractivity contribution in [1.82, 2.24) is 14.4 Å². The minimum atomic E-state index is -4.57. The SMILES string of the molecule is Cc1ccnc(-c2ccc(CC(N)C(=O)O)n3ccnc23)c1C(F)(F)F.Cl. The summed E-state index contributed by atoms with van der Waals surface area (Å²) in [4.78, 5) is 19.0. The summed E-state index contributed by atoms with van der Waals surface area (Å²) in [6.07, 6.45) is -0.269. The third-order valence-electron chi connectivity index (χ3n) is 4.08. The van der Waals surface area contributed by atoms with Gasteiger partial charge in [-0.2, -0.15) is 13.2 Å². The number of aromatic nitrogens is 3. The number of carbonyl (C=O) groups is 1. The number of hydrogen-bond donors (Lipinski definition) is 2. The number of aryl methyl sites for hydroxylation is 1. The van der Waals surface area contributed by atoms with E-state index in [4.69, 9.17) is 10.8 Å². The molecule has 0 spiro atoms. The van der Waals surface area contributed by atoms with Gasteiger partial charge in [0.15, 0.2) is 0 Å². The van der Waals surface area contributed by atoms with E-state index in [-0.39, 0.29) is 41.3 Å². The number of pyridine rings is 2. The van der Waals surface area contributed by atoms with Crippen molar-refractivity contribution in [3.63, 3.8) is 0 Å². The lowest BCUT2D eigenvalue weighted by atomic mass is 10.0. The number of nitrogens with zero attached hydrogens (tertiary/aromatic N) is 3. The number of carboxylic acids is 1. The average molecular weight is 401 g/mol. The minimum Gasteiger partial charge on any atom is -0.480 e. The Kier molecular flexibility index (Phi) is 5.76. The highest BCUT2D eigenvalue weighted by atomic mass is 35.5. The first-order valence-electron chi connectivity index (χ1n) is 7.66. The Morgan fingerprint density at radius 2 is 1.96 bits per heavy atom. The van der Waals surface area contributed by atoms with Gasteiger partial charge in [-0.05, 0) is 30.7 Å². The molecule has 0 aliphatic carbocycles. The maximum atomic E-state index is 13.5. The van der Waals surface area contributed by atoms with Crippen LogP contribution in [0.1, 0.15) is 16.8 Å². The van der Waals surface area contributed by atoms with E-state index in [2.05, 4.69) is 9.97 Å². The number of rotatable bonds is 4. The summed E-state index contributed by atoms with van der Waals surface area (Å²) in [6.45, 7) is 1.37. The van der Waals surface area contributed by atoms with Gasteiger partial charge in [0, 0.05) is 36.3 Å². The summed E-state index contributed by atoms with van der Waals surface area (Å²) in [5.74, 6) is -1.16. The predicted octanol–water partition coefficient (Wildman–Crippen LogP) is 3.10. The molecule has 10 heteroatoms. The summed E-state index contributed by atoms with van der Waals surface area (Å²) >= 11 is 0. The second-order valence-electron chi connectivity index (χ2n) is 5.86. The van der Waals surface area contributed by atoms with Crippen molar-refractivity contribution in [2.75, 3.05) is 0 Å². The molecule has 3 heterocycles. The molecule has 27 heavy (non-hydrogen) atoms. The van der Waals surface area contributed by atoms with Crippen molar-refractivity contribution in [3.8, 4) is 11.3 Å². The van der Waals surface area contributed by atoms with Crippen LogP contribution in [0.3, 0.4) is 0 Å². The number of fused-ring (bicyclic) bond motifs is 1. The van der Waals surface area contributed by atoms with Gasteiger partial charge < -0.3 is 15.2 Å². The van der Waals surface area contributed by atoms with Crippen LogP contribution < -0.4 is 5.73 Å². The Bertz CT molecular complexity index is 988.